The summed E-state index contributed by atoms with van der Waals surface area (Å²) in [6, 6.07) is -0.747. The Morgan fingerprint density at radius 3 is 2.68 bits per heavy atom. The molecule has 1 aliphatic heterocycles. The van der Waals surface area contributed by atoms with E-state index in [2.05, 4.69) is 10.6 Å². The van der Waals surface area contributed by atoms with Crippen LogP contribution in [0.5, 0.6) is 0 Å². The minimum absolute atomic E-state index is 0.142. The van der Waals surface area contributed by atoms with Crippen LogP contribution in [0.15, 0.2) is 0 Å². The van der Waals surface area contributed by atoms with Crippen molar-refractivity contribution in [3.63, 3.8) is 0 Å². The van der Waals surface area contributed by atoms with Crippen LogP contribution >= 0.6 is 0 Å². The number of imide groups is 1. The molecular weight excluding hydrogens is 246 g/mol. The van der Waals surface area contributed by atoms with Crippen LogP contribution in [0.2, 0.25) is 0 Å². The first kappa shape index (κ1) is 14.0. The molecule has 6 heteroatoms. The average Bonchev–Trinajstić information content (AvgIpc) is 2.32. The first-order chi connectivity index (χ1) is 8.99. The van der Waals surface area contributed by atoms with Crippen molar-refractivity contribution in [2.45, 2.75) is 51.1 Å². The molecule has 1 saturated heterocycles. The highest BCUT2D eigenvalue weighted by Gasteiger charge is 2.36. The van der Waals surface area contributed by atoms with Crippen molar-refractivity contribution in [1.82, 2.24) is 10.6 Å². The van der Waals surface area contributed by atoms with E-state index < -0.39 is 11.9 Å². The molecular formula is C13H21N3O3. The van der Waals surface area contributed by atoms with Gasteiger partial charge in [-0.1, -0.05) is 13.3 Å². The molecule has 4 unspecified atom stereocenters. The van der Waals surface area contributed by atoms with Crippen molar-refractivity contribution in [3.05, 3.63) is 0 Å². The predicted octanol–water partition coefficient (Wildman–Crippen LogP) is -0.329. The molecule has 4 N–H and O–H groups in total. The maximum Gasteiger partial charge on any atom is 0.249 e. The molecule has 0 bridgehead atoms. The van der Waals surface area contributed by atoms with Crippen LogP contribution in [0.25, 0.3) is 0 Å². The Morgan fingerprint density at radius 2 is 2.05 bits per heavy atom. The molecule has 0 radical (unpaired) electrons. The quantitative estimate of drug-likeness (QED) is 0.596. The van der Waals surface area contributed by atoms with E-state index in [1.165, 1.54) is 0 Å². The zero-order valence-corrected chi connectivity index (χ0v) is 11.1. The zero-order chi connectivity index (χ0) is 14.0. The lowest BCUT2D eigenvalue weighted by atomic mass is 9.76. The van der Waals surface area contributed by atoms with E-state index in [1.807, 2.05) is 6.92 Å². The van der Waals surface area contributed by atoms with Crippen LogP contribution < -0.4 is 16.4 Å². The second kappa shape index (κ2) is 5.69. The fourth-order valence-corrected chi connectivity index (χ4v) is 3.01. The van der Waals surface area contributed by atoms with Crippen LogP contribution in [0.4, 0.5) is 0 Å². The van der Waals surface area contributed by atoms with E-state index >= 15 is 0 Å². The molecule has 4 atom stereocenters. The maximum atomic E-state index is 12.3. The molecule has 0 aromatic rings. The van der Waals surface area contributed by atoms with Crippen molar-refractivity contribution in [2.75, 3.05) is 0 Å². The van der Waals surface area contributed by atoms with Gasteiger partial charge in [0, 0.05) is 12.5 Å². The Balaban J connectivity index is 1.96. The second-order valence-corrected chi connectivity index (χ2v) is 5.61. The molecule has 0 aromatic carbocycles. The molecule has 1 aliphatic carbocycles. The standard InChI is InChI=1S/C13H21N3O3/c1-7-3-2-4-8(14)11(7)13(19)15-9-5-6-10(17)16-12(9)18/h7-9,11H,2-6,14H2,1H3,(H,15,19)(H,16,17,18). The first-order valence-corrected chi connectivity index (χ1v) is 6.88. The highest BCUT2D eigenvalue weighted by Crippen LogP contribution is 2.29. The van der Waals surface area contributed by atoms with E-state index in [0.29, 0.717) is 6.42 Å². The van der Waals surface area contributed by atoms with E-state index in [9.17, 15) is 14.4 Å². The Labute approximate surface area is 112 Å². The first-order valence-electron chi connectivity index (χ1n) is 6.88. The van der Waals surface area contributed by atoms with Gasteiger partial charge in [-0.05, 0) is 25.2 Å². The van der Waals surface area contributed by atoms with Crippen molar-refractivity contribution < 1.29 is 14.4 Å². The summed E-state index contributed by atoms with van der Waals surface area (Å²) in [6.45, 7) is 2.02. The van der Waals surface area contributed by atoms with Crippen molar-refractivity contribution >= 4 is 17.7 Å². The van der Waals surface area contributed by atoms with Gasteiger partial charge in [-0.15, -0.1) is 0 Å². The fourth-order valence-electron chi connectivity index (χ4n) is 3.01. The lowest BCUT2D eigenvalue weighted by Crippen LogP contribution is -2.56. The van der Waals surface area contributed by atoms with E-state index in [-0.39, 0.29) is 36.1 Å². The van der Waals surface area contributed by atoms with Gasteiger partial charge in [0.2, 0.25) is 17.7 Å². The zero-order valence-electron chi connectivity index (χ0n) is 11.1. The molecule has 106 valence electrons. The van der Waals surface area contributed by atoms with Crippen molar-refractivity contribution in [1.29, 1.82) is 0 Å². The Hall–Kier alpha value is -1.43. The van der Waals surface area contributed by atoms with Gasteiger partial charge in [0.15, 0.2) is 0 Å². The molecule has 3 amide bonds. The third kappa shape index (κ3) is 3.12. The van der Waals surface area contributed by atoms with Gasteiger partial charge in [0.05, 0.1) is 5.92 Å². The number of nitrogens with one attached hydrogen (secondary N) is 2. The van der Waals surface area contributed by atoms with Crippen LogP contribution in [0.3, 0.4) is 0 Å². The van der Waals surface area contributed by atoms with E-state index in [4.69, 9.17) is 5.73 Å². The summed E-state index contributed by atoms with van der Waals surface area (Å²) in [4.78, 5) is 34.9. The molecule has 19 heavy (non-hydrogen) atoms. The number of rotatable bonds is 2. The van der Waals surface area contributed by atoms with Gasteiger partial charge in [-0.3, -0.25) is 19.7 Å². The lowest BCUT2D eigenvalue weighted by Gasteiger charge is -2.34. The number of hydrogen-bond acceptors (Lipinski definition) is 4. The SMILES string of the molecule is CC1CCCC(N)C1C(=O)NC1CCC(=O)NC1=O. The monoisotopic (exact) mass is 267 g/mol. The molecule has 1 saturated carbocycles. The molecule has 2 fully saturated rings. The minimum atomic E-state index is -0.605. The highest BCUT2D eigenvalue weighted by molar-refractivity contribution is 6.01. The number of carbonyl (C=O) groups is 3. The minimum Gasteiger partial charge on any atom is -0.344 e. The number of amides is 3. The average molecular weight is 267 g/mol. The summed E-state index contributed by atoms with van der Waals surface area (Å²) in [7, 11) is 0. The van der Waals surface area contributed by atoms with Crippen LogP contribution in [-0.2, 0) is 14.4 Å². The Morgan fingerprint density at radius 1 is 1.32 bits per heavy atom. The highest BCUT2D eigenvalue weighted by atomic mass is 16.2. The van der Waals surface area contributed by atoms with Crippen LogP contribution in [-0.4, -0.2) is 29.8 Å². The normalized spacial score (nSPS) is 35.7. The summed E-state index contributed by atoms with van der Waals surface area (Å²) in [5, 5.41) is 4.97. The maximum absolute atomic E-state index is 12.3. The number of hydrogen-bond donors (Lipinski definition) is 3. The molecule has 0 spiro atoms. The third-order valence-corrected chi connectivity index (χ3v) is 4.13. The summed E-state index contributed by atoms with van der Waals surface area (Å²) in [5.41, 5.74) is 6.02. The van der Waals surface area contributed by atoms with Crippen LogP contribution in [0.1, 0.15) is 39.0 Å². The summed E-state index contributed by atoms with van der Waals surface area (Å²) >= 11 is 0. The summed E-state index contributed by atoms with van der Waals surface area (Å²) in [5.74, 6) is -0.856. The van der Waals surface area contributed by atoms with E-state index in [0.717, 1.165) is 19.3 Å². The largest absolute Gasteiger partial charge is 0.344 e. The second-order valence-electron chi connectivity index (χ2n) is 5.61. The molecule has 0 aromatic heterocycles. The number of nitrogens with two attached hydrogens (primary N) is 1. The van der Waals surface area contributed by atoms with Crippen molar-refractivity contribution in [3.8, 4) is 0 Å². The molecule has 2 aliphatic rings. The summed E-state index contributed by atoms with van der Waals surface area (Å²) < 4.78 is 0. The van der Waals surface area contributed by atoms with Gasteiger partial charge in [0.25, 0.3) is 0 Å². The van der Waals surface area contributed by atoms with E-state index in [1.54, 1.807) is 0 Å². The van der Waals surface area contributed by atoms with Gasteiger partial charge in [-0.2, -0.15) is 0 Å². The summed E-state index contributed by atoms with van der Waals surface area (Å²) in [6.07, 6.45) is 3.51. The lowest BCUT2D eigenvalue weighted by molar-refractivity contribution is -0.139. The Bertz CT molecular complexity index is 387. The molecule has 1 heterocycles. The third-order valence-electron chi connectivity index (χ3n) is 4.13. The number of piperidine rings is 1. The van der Waals surface area contributed by atoms with Crippen LogP contribution in [0, 0.1) is 11.8 Å². The topological polar surface area (TPSA) is 101 Å². The molecule has 6 nitrogen and oxygen atoms in total. The van der Waals surface area contributed by atoms with Gasteiger partial charge >= 0.3 is 0 Å². The van der Waals surface area contributed by atoms with Gasteiger partial charge < -0.3 is 11.1 Å². The smallest absolute Gasteiger partial charge is 0.249 e. The molecule has 2 rings (SSSR count). The van der Waals surface area contributed by atoms with Gasteiger partial charge in [-0.25, -0.2) is 0 Å². The van der Waals surface area contributed by atoms with Gasteiger partial charge in [0.1, 0.15) is 6.04 Å². The fraction of sp³-hybridized carbons (Fsp3) is 0.769. The van der Waals surface area contributed by atoms with Crippen molar-refractivity contribution in [2.24, 2.45) is 17.6 Å². The Kier molecular flexibility index (Phi) is 4.19. The number of carbonyl (C=O) groups excluding carboxylic acids is 3. The predicted molar refractivity (Wildman–Crippen MR) is 68.8 cm³/mol.